The molecule has 5 nitrogen and oxygen atoms in total. The van der Waals surface area contributed by atoms with Crippen LogP contribution in [0.1, 0.15) is 42.6 Å². The molecule has 0 aliphatic heterocycles. The Morgan fingerprint density at radius 2 is 1.74 bits per heavy atom. The van der Waals surface area contributed by atoms with Gasteiger partial charge in [-0.3, -0.25) is 4.79 Å². The molecule has 140 valence electrons. The van der Waals surface area contributed by atoms with E-state index in [0.29, 0.717) is 35.8 Å². The summed E-state index contributed by atoms with van der Waals surface area (Å²) in [6.45, 7) is 6.77. The van der Waals surface area contributed by atoms with Crippen molar-refractivity contribution in [3.05, 3.63) is 71.4 Å². The molecule has 0 radical (unpaired) electrons. The van der Waals surface area contributed by atoms with Crippen LogP contribution in [0.3, 0.4) is 0 Å². The van der Waals surface area contributed by atoms with Gasteiger partial charge in [-0.2, -0.15) is 4.98 Å². The fraction of sp³-hybridized carbons (Fsp3) is 0.286. The van der Waals surface area contributed by atoms with E-state index in [1.807, 2.05) is 24.3 Å². The lowest BCUT2D eigenvalue weighted by Crippen LogP contribution is -2.25. The molecule has 27 heavy (non-hydrogen) atoms. The van der Waals surface area contributed by atoms with Gasteiger partial charge in [-0.1, -0.05) is 38.1 Å². The summed E-state index contributed by atoms with van der Waals surface area (Å²) in [5, 5.41) is 6.73. The summed E-state index contributed by atoms with van der Waals surface area (Å²) >= 11 is 0. The number of halogens is 1. The normalized spacial score (nSPS) is 11.4. The standard InChI is InChI=1S/C21H22FN3O2/c1-21(2,3)16-8-4-15(5-9-16)20(26)23-13-12-18-24-19(25-27-18)14-6-10-17(22)11-7-14/h4-11H,12-13H2,1-3H3,(H,23,26). The topological polar surface area (TPSA) is 68.0 Å². The monoisotopic (exact) mass is 367 g/mol. The van der Waals surface area contributed by atoms with Gasteiger partial charge in [0.25, 0.3) is 5.91 Å². The Morgan fingerprint density at radius 1 is 1.07 bits per heavy atom. The van der Waals surface area contributed by atoms with Crippen LogP contribution in [-0.4, -0.2) is 22.6 Å². The molecule has 0 saturated carbocycles. The second-order valence-corrected chi connectivity index (χ2v) is 7.35. The van der Waals surface area contributed by atoms with Gasteiger partial charge in [0.2, 0.25) is 11.7 Å². The van der Waals surface area contributed by atoms with Crippen molar-refractivity contribution in [2.75, 3.05) is 6.54 Å². The summed E-state index contributed by atoms with van der Waals surface area (Å²) in [7, 11) is 0. The van der Waals surface area contributed by atoms with Gasteiger partial charge in [-0.15, -0.1) is 0 Å². The highest BCUT2D eigenvalue weighted by Gasteiger charge is 2.14. The quantitative estimate of drug-likeness (QED) is 0.736. The highest BCUT2D eigenvalue weighted by atomic mass is 19.1. The van der Waals surface area contributed by atoms with Gasteiger partial charge >= 0.3 is 0 Å². The minimum absolute atomic E-state index is 0.0508. The van der Waals surface area contributed by atoms with Crippen LogP contribution < -0.4 is 5.32 Å². The molecular formula is C21H22FN3O2. The van der Waals surface area contributed by atoms with E-state index in [9.17, 15) is 9.18 Å². The molecule has 3 aromatic rings. The molecule has 0 aliphatic carbocycles. The lowest BCUT2D eigenvalue weighted by Gasteiger charge is -2.19. The van der Waals surface area contributed by atoms with Gasteiger partial charge in [0.15, 0.2) is 0 Å². The minimum atomic E-state index is -0.319. The van der Waals surface area contributed by atoms with E-state index in [0.717, 1.165) is 0 Å². The Bertz CT molecular complexity index is 910. The van der Waals surface area contributed by atoms with Gasteiger partial charge in [-0.05, 0) is 47.4 Å². The average Bonchev–Trinajstić information content (AvgIpc) is 3.10. The number of rotatable bonds is 5. The first-order chi connectivity index (χ1) is 12.8. The molecule has 3 rings (SSSR count). The van der Waals surface area contributed by atoms with E-state index in [2.05, 4.69) is 36.2 Å². The minimum Gasteiger partial charge on any atom is -0.352 e. The number of hydrogen-bond donors (Lipinski definition) is 1. The van der Waals surface area contributed by atoms with Crippen molar-refractivity contribution in [1.82, 2.24) is 15.5 Å². The molecule has 2 aromatic carbocycles. The fourth-order valence-corrected chi connectivity index (χ4v) is 2.58. The van der Waals surface area contributed by atoms with Crippen LogP contribution >= 0.6 is 0 Å². The molecule has 0 atom stereocenters. The third kappa shape index (κ3) is 4.78. The number of benzene rings is 2. The lowest BCUT2D eigenvalue weighted by molar-refractivity contribution is 0.0953. The first-order valence-corrected chi connectivity index (χ1v) is 8.80. The number of amides is 1. The first kappa shape index (κ1) is 18.8. The number of hydrogen-bond acceptors (Lipinski definition) is 4. The summed E-state index contributed by atoms with van der Waals surface area (Å²) in [6.07, 6.45) is 0.417. The second-order valence-electron chi connectivity index (χ2n) is 7.35. The van der Waals surface area contributed by atoms with Crippen LogP contribution in [-0.2, 0) is 11.8 Å². The molecular weight excluding hydrogens is 345 g/mol. The van der Waals surface area contributed by atoms with Crippen molar-refractivity contribution in [3.8, 4) is 11.4 Å². The van der Waals surface area contributed by atoms with Gasteiger partial charge in [0.1, 0.15) is 5.82 Å². The molecule has 1 aromatic heterocycles. The van der Waals surface area contributed by atoms with E-state index in [1.54, 1.807) is 12.1 Å². The molecule has 0 aliphatic rings. The molecule has 0 spiro atoms. The molecule has 1 N–H and O–H groups in total. The van der Waals surface area contributed by atoms with Crippen LogP contribution in [0, 0.1) is 5.82 Å². The Kier molecular flexibility index (Phi) is 5.35. The van der Waals surface area contributed by atoms with Crippen molar-refractivity contribution in [2.45, 2.75) is 32.6 Å². The Labute approximate surface area is 157 Å². The van der Waals surface area contributed by atoms with Gasteiger partial charge in [0, 0.05) is 24.1 Å². The maximum Gasteiger partial charge on any atom is 0.251 e. The number of nitrogens with zero attached hydrogens (tertiary/aromatic N) is 2. The molecule has 1 amide bonds. The third-order valence-corrected chi connectivity index (χ3v) is 4.21. The van der Waals surface area contributed by atoms with E-state index < -0.39 is 0 Å². The summed E-state index contributed by atoms with van der Waals surface area (Å²) < 4.78 is 18.1. The maximum absolute atomic E-state index is 13.0. The average molecular weight is 367 g/mol. The van der Waals surface area contributed by atoms with Crippen LogP contribution in [0.2, 0.25) is 0 Å². The second kappa shape index (κ2) is 7.70. The first-order valence-electron chi connectivity index (χ1n) is 8.80. The van der Waals surface area contributed by atoms with Crippen LogP contribution in [0.5, 0.6) is 0 Å². The molecule has 0 unspecified atom stereocenters. The van der Waals surface area contributed by atoms with Crippen molar-refractivity contribution < 1.29 is 13.7 Å². The maximum atomic E-state index is 13.0. The molecule has 1 heterocycles. The Balaban J connectivity index is 1.54. The van der Waals surface area contributed by atoms with E-state index in [-0.39, 0.29) is 17.1 Å². The van der Waals surface area contributed by atoms with Gasteiger partial charge in [0.05, 0.1) is 0 Å². The van der Waals surface area contributed by atoms with E-state index in [4.69, 9.17) is 4.52 Å². The zero-order valence-electron chi connectivity index (χ0n) is 15.6. The van der Waals surface area contributed by atoms with Gasteiger partial charge in [-0.25, -0.2) is 4.39 Å². The van der Waals surface area contributed by atoms with Crippen molar-refractivity contribution in [3.63, 3.8) is 0 Å². The van der Waals surface area contributed by atoms with Crippen molar-refractivity contribution in [2.24, 2.45) is 0 Å². The predicted molar refractivity (Wildman–Crippen MR) is 101 cm³/mol. The molecule has 0 saturated heterocycles. The summed E-state index contributed by atoms with van der Waals surface area (Å²) in [5.41, 5.74) is 2.52. The summed E-state index contributed by atoms with van der Waals surface area (Å²) in [5.74, 6) is 0.348. The number of nitrogens with one attached hydrogen (secondary N) is 1. The van der Waals surface area contributed by atoms with Crippen molar-refractivity contribution in [1.29, 1.82) is 0 Å². The van der Waals surface area contributed by atoms with Crippen LogP contribution in [0.15, 0.2) is 53.1 Å². The Hall–Kier alpha value is -3.02. The largest absolute Gasteiger partial charge is 0.352 e. The SMILES string of the molecule is CC(C)(C)c1ccc(C(=O)NCCc2nc(-c3ccc(F)cc3)no2)cc1. The number of carbonyl (C=O) groups is 1. The number of aromatic nitrogens is 2. The van der Waals surface area contributed by atoms with Gasteiger partial charge < -0.3 is 9.84 Å². The van der Waals surface area contributed by atoms with E-state index >= 15 is 0 Å². The summed E-state index contributed by atoms with van der Waals surface area (Å²) in [4.78, 5) is 16.5. The highest BCUT2D eigenvalue weighted by molar-refractivity contribution is 5.94. The smallest absolute Gasteiger partial charge is 0.251 e. The van der Waals surface area contributed by atoms with Crippen molar-refractivity contribution >= 4 is 5.91 Å². The van der Waals surface area contributed by atoms with Crippen LogP contribution in [0.4, 0.5) is 4.39 Å². The zero-order chi connectivity index (χ0) is 19.4. The summed E-state index contributed by atoms with van der Waals surface area (Å²) in [6, 6.07) is 13.5. The zero-order valence-corrected chi connectivity index (χ0v) is 15.6. The fourth-order valence-electron chi connectivity index (χ4n) is 2.58. The highest BCUT2D eigenvalue weighted by Crippen LogP contribution is 2.22. The van der Waals surface area contributed by atoms with E-state index in [1.165, 1.54) is 17.7 Å². The molecule has 0 bridgehead atoms. The van der Waals surface area contributed by atoms with Crippen LogP contribution in [0.25, 0.3) is 11.4 Å². The third-order valence-electron chi connectivity index (χ3n) is 4.21. The predicted octanol–water partition coefficient (Wildman–Crippen LogP) is 4.15. The Morgan fingerprint density at radius 3 is 2.37 bits per heavy atom. The lowest BCUT2D eigenvalue weighted by atomic mass is 9.87. The molecule has 0 fully saturated rings. The molecule has 6 heteroatoms. The number of carbonyl (C=O) groups excluding carboxylic acids is 1.